The number of rotatable bonds is 6. The van der Waals surface area contributed by atoms with Crippen molar-refractivity contribution >= 4 is 41.6 Å². The topological polar surface area (TPSA) is 71.2 Å². The van der Waals surface area contributed by atoms with Gasteiger partial charge in [0.2, 0.25) is 5.91 Å². The van der Waals surface area contributed by atoms with E-state index in [1.807, 2.05) is 29.2 Å². The van der Waals surface area contributed by atoms with Crippen LogP contribution in [0.25, 0.3) is 10.9 Å². The van der Waals surface area contributed by atoms with E-state index in [1.54, 1.807) is 0 Å². The van der Waals surface area contributed by atoms with E-state index >= 15 is 0 Å². The SMILES string of the molecule is Cl.Cl.NC(CCNCc1ccc2ccccc2n1)C(=O)N1CCCCC1. The van der Waals surface area contributed by atoms with Crippen molar-refractivity contribution in [3.8, 4) is 0 Å². The summed E-state index contributed by atoms with van der Waals surface area (Å²) in [6.07, 6.45) is 4.08. The predicted molar refractivity (Wildman–Crippen MR) is 111 cm³/mol. The minimum atomic E-state index is -0.403. The summed E-state index contributed by atoms with van der Waals surface area (Å²) in [5.74, 6) is 0.0975. The molecule has 0 radical (unpaired) electrons. The van der Waals surface area contributed by atoms with Gasteiger partial charge in [-0.1, -0.05) is 24.3 Å². The summed E-state index contributed by atoms with van der Waals surface area (Å²) in [5.41, 5.74) is 8.07. The van der Waals surface area contributed by atoms with Crippen LogP contribution in [0.2, 0.25) is 0 Å². The van der Waals surface area contributed by atoms with Crippen molar-refractivity contribution in [2.24, 2.45) is 5.73 Å². The van der Waals surface area contributed by atoms with Gasteiger partial charge in [0.1, 0.15) is 0 Å². The first-order chi connectivity index (χ1) is 11.7. The van der Waals surface area contributed by atoms with E-state index in [0.29, 0.717) is 13.0 Å². The standard InChI is InChI=1S/C19H26N4O.2ClH/c20-17(19(24)23-12-4-1-5-13-23)10-11-21-14-16-9-8-15-6-2-3-7-18(15)22-16;;/h2-3,6-9,17,21H,1,4-5,10-14,20H2;2*1H. The van der Waals surface area contributed by atoms with Gasteiger partial charge < -0.3 is 16.0 Å². The first-order valence-electron chi connectivity index (χ1n) is 8.84. The summed E-state index contributed by atoms with van der Waals surface area (Å²) in [4.78, 5) is 18.8. The third kappa shape index (κ3) is 6.09. The van der Waals surface area contributed by atoms with Gasteiger partial charge in [-0.25, -0.2) is 0 Å². The molecule has 1 aromatic carbocycles. The molecule has 1 unspecified atom stereocenters. The van der Waals surface area contributed by atoms with Gasteiger partial charge in [0, 0.05) is 25.0 Å². The van der Waals surface area contributed by atoms with E-state index in [-0.39, 0.29) is 30.7 Å². The molecule has 1 aromatic heterocycles. The van der Waals surface area contributed by atoms with Gasteiger partial charge in [0.25, 0.3) is 0 Å². The highest BCUT2D eigenvalue weighted by molar-refractivity contribution is 5.85. The number of carbonyl (C=O) groups is 1. The lowest BCUT2D eigenvalue weighted by molar-refractivity contribution is -0.133. The van der Waals surface area contributed by atoms with Crippen LogP contribution in [0.3, 0.4) is 0 Å². The quantitative estimate of drug-likeness (QED) is 0.733. The molecule has 0 spiro atoms. The van der Waals surface area contributed by atoms with Gasteiger partial charge in [-0.2, -0.15) is 0 Å². The smallest absolute Gasteiger partial charge is 0.239 e. The molecule has 1 aliphatic rings. The normalized spacial score (nSPS) is 15.0. The molecule has 1 atom stereocenters. The van der Waals surface area contributed by atoms with E-state index < -0.39 is 6.04 Å². The number of para-hydroxylation sites is 1. The number of piperidine rings is 1. The summed E-state index contributed by atoms with van der Waals surface area (Å²) in [7, 11) is 0. The zero-order chi connectivity index (χ0) is 16.8. The summed E-state index contributed by atoms with van der Waals surface area (Å²) in [6, 6.07) is 11.8. The summed E-state index contributed by atoms with van der Waals surface area (Å²) in [5, 5.41) is 4.49. The molecular formula is C19H28Cl2N4O. The molecule has 3 N–H and O–H groups in total. The second-order valence-electron chi connectivity index (χ2n) is 6.45. The van der Waals surface area contributed by atoms with E-state index in [2.05, 4.69) is 22.4 Å². The fourth-order valence-corrected chi connectivity index (χ4v) is 3.15. The van der Waals surface area contributed by atoms with E-state index in [4.69, 9.17) is 5.73 Å². The Balaban J connectivity index is 0.00000169. The lowest BCUT2D eigenvalue weighted by Gasteiger charge is -2.29. The largest absolute Gasteiger partial charge is 0.341 e. The van der Waals surface area contributed by atoms with Crippen LogP contribution in [-0.2, 0) is 11.3 Å². The maximum atomic E-state index is 12.3. The number of hydrogen-bond donors (Lipinski definition) is 2. The van der Waals surface area contributed by atoms with Crippen molar-refractivity contribution in [3.05, 3.63) is 42.1 Å². The molecule has 0 aliphatic carbocycles. The van der Waals surface area contributed by atoms with Gasteiger partial charge in [0.05, 0.1) is 17.3 Å². The Bertz CT molecular complexity index is 692. The molecule has 2 heterocycles. The Morgan fingerprint density at radius 1 is 1.12 bits per heavy atom. The van der Waals surface area contributed by atoms with Crippen molar-refractivity contribution < 1.29 is 4.79 Å². The molecule has 144 valence electrons. The van der Waals surface area contributed by atoms with Gasteiger partial charge in [-0.15, -0.1) is 24.8 Å². The number of nitrogens with two attached hydrogens (primary N) is 1. The van der Waals surface area contributed by atoms with Crippen molar-refractivity contribution in [1.82, 2.24) is 15.2 Å². The maximum Gasteiger partial charge on any atom is 0.239 e. The number of nitrogens with one attached hydrogen (secondary N) is 1. The molecule has 1 fully saturated rings. The average Bonchev–Trinajstić information content (AvgIpc) is 2.65. The summed E-state index contributed by atoms with van der Waals surface area (Å²) in [6.45, 7) is 3.13. The van der Waals surface area contributed by atoms with Gasteiger partial charge in [0.15, 0.2) is 0 Å². The number of nitrogens with zero attached hydrogens (tertiary/aromatic N) is 2. The molecule has 1 saturated heterocycles. The second kappa shape index (κ2) is 11.3. The highest BCUT2D eigenvalue weighted by atomic mass is 35.5. The maximum absolute atomic E-state index is 12.3. The number of aromatic nitrogens is 1. The Labute approximate surface area is 167 Å². The van der Waals surface area contributed by atoms with Crippen LogP contribution in [0.5, 0.6) is 0 Å². The average molecular weight is 399 g/mol. The van der Waals surface area contributed by atoms with Crippen LogP contribution >= 0.6 is 24.8 Å². The van der Waals surface area contributed by atoms with Crippen LogP contribution < -0.4 is 11.1 Å². The third-order valence-corrected chi connectivity index (χ3v) is 4.58. The highest BCUT2D eigenvalue weighted by Crippen LogP contribution is 2.12. The van der Waals surface area contributed by atoms with Gasteiger partial charge >= 0.3 is 0 Å². The Hall–Kier alpha value is -1.40. The molecule has 1 aliphatic heterocycles. The van der Waals surface area contributed by atoms with E-state index in [1.165, 1.54) is 6.42 Å². The molecule has 2 aromatic rings. The minimum Gasteiger partial charge on any atom is -0.341 e. The lowest BCUT2D eigenvalue weighted by Crippen LogP contribution is -2.46. The summed E-state index contributed by atoms with van der Waals surface area (Å²) >= 11 is 0. The van der Waals surface area contributed by atoms with E-state index in [0.717, 1.165) is 49.1 Å². The first kappa shape index (κ1) is 22.6. The fraction of sp³-hybridized carbons (Fsp3) is 0.474. The number of fused-ring (bicyclic) bond motifs is 1. The third-order valence-electron chi connectivity index (χ3n) is 4.58. The minimum absolute atomic E-state index is 0. The second-order valence-corrected chi connectivity index (χ2v) is 6.45. The monoisotopic (exact) mass is 398 g/mol. The number of likely N-dealkylation sites (tertiary alicyclic amines) is 1. The van der Waals surface area contributed by atoms with Crippen LogP contribution in [-0.4, -0.2) is 41.5 Å². The molecular weight excluding hydrogens is 371 g/mol. The first-order valence-corrected chi connectivity index (χ1v) is 8.84. The lowest BCUT2D eigenvalue weighted by atomic mass is 10.1. The zero-order valence-electron chi connectivity index (χ0n) is 14.9. The Morgan fingerprint density at radius 2 is 1.85 bits per heavy atom. The number of pyridine rings is 1. The Kier molecular flexibility index (Phi) is 9.88. The Morgan fingerprint density at radius 3 is 2.62 bits per heavy atom. The van der Waals surface area contributed by atoms with Crippen molar-refractivity contribution in [1.29, 1.82) is 0 Å². The van der Waals surface area contributed by atoms with Crippen LogP contribution in [0.15, 0.2) is 36.4 Å². The number of benzene rings is 1. The molecule has 26 heavy (non-hydrogen) atoms. The van der Waals surface area contributed by atoms with Crippen molar-refractivity contribution in [2.75, 3.05) is 19.6 Å². The zero-order valence-corrected chi connectivity index (χ0v) is 16.5. The number of carbonyl (C=O) groups excluding carboxylic acids is 1. The predicted octanol–water partition coefficient (Wildman–Crippen LogP) is 2.90. The van der Waals surface area contributed by atoms with Gasteiger partial charge in [-0.05, 0) is 44.4 Å². The van der Waals surface area contributed by atoms with E-state index in [9.17, 15) is 4.79 Å². The molecule has 5 nitrogen and oxygen atoms in total. The number of amides is 1. The van der Waals surface area contributed by atoms with Crippen molar-refractivity contribution in [3.63, 3.8) is 0 Å². The summed E-state index contributed by atoms with van der Waals surface area (Å²) < 4.78 is 0. The van der Waals surface area contributed by atoms with Gasteiger partial charge in [-0.3, -0.25) is 9.78 Å². The van der Waals surface area contributed by atoms with Crippen LogP contribution in [0.1, 0.15) is 31.4 Å². The number of hydrogen-bond acceptors (Lipinski definition) is 4. The van der Waals surface area contributed by atoms with Crippen LogP contribution in [0.4, 0.5) is 0 Å². The molecule has 7 heteroatoms. The number of halogens is 2. The fourth-order valence-electron chi connectivity index (χ4n) is 3.15. The highest BCUT2D eigenvalue weighted by Gasteiger charge is 2.21. The van der Waals surface area contributed by atoms with Crippen molar-refractivity contribution in [2.45, 2.75) is 38.3 Å². The molecule has 0 saturated carbocycles. The molecule has 0 bridgehead atoms. The molecule has 1 amide bonds. The van der Waals surface area contributed by atoms with Crippen LogP contribution in [0, 0.1) is 0 Å². The molecule has 3 rings (SSSR count).